The quantitative estimate of drug-likeness (QED) is 0.0689. The first kappa shape index (κ1) is 39.0. The second kappa shape index (κ2) is 25.0. The molecular weight excluding hydrogens is 866 g/mol. The zero-order valence-electron chi connectivity index (χ0n) is 25.0. The van der Waals surface area contributed by atoms with E-state index in [2.05, 4.69) is 215 Å². The number of benzene rings is 6. The van der Waals surface area contributed by atoms with E-state index in [1.54, 1.807) is 0 Å². The fourth-order valence-electron chi connectivity index (χ4n) is 4.36. The molecule has 0 spiro atoms. The molecule has 1 nitrogen and oxygen atoms in total. The van der Waals surface area contributed by atoms with Gasteiger partial charge in [-0.3, -0.25) is 0 Å². The van der Waals surface area contributed by atoms with Crippen LogP contribution in [0.4, 0.5) is 0 Å². The molecule has 0 amide bonds. The Labute approximate surface area is 295 Å². The maximum atomic E-state index is 7.50. The van der Waals surface area contributed by atoms with Crippen molar-refractivity contribution in [3.63, 3.8) is 0 Å². The molecule has 232 valence electrons. The average Bonchev–Trinajstić information content (AvgIpc) is 3.13. The maximum absolute atomic E-state index is 7.50. The third-order valence-corrected chi connectivity index (χ3v) is 11.0. The Kier molecular flexibility index (Phi) is 21.2. The minimum absolute atomic E-state index is 0.215. The molecule has 0 aliphatic carbocycles. The summed E-state index contributed by atoms with van der Waals surface area (Å²) in [7, 11) is 4.15. The van der Waals surface area contributed by atoms with Gasteiger partial charge in [-0.25, -0.2) is 13.2 Å². The SMILES string of the molecule is [C-]#[O+].[CH-]=C=C.[Cl][Ir+][Br].c1ccc(P(c2ccccc2)c2ccccc2)cc1.c1ccc(P(c2ccccc2)c2ccccc2)cc1. The van der Waals surface area contributed by atoms with Gasteiger partial charge in [0.1, 0.15) is 0 Å². The summed E-state index contributed by atoms with van der Waals surface area (Å²) in [5, 5.41) is 8.39. The Morgan fingerprint density at radius 2 is 0.587 bits per heavy atom. The van der Waals surface area contributed by atoms with Crippen LogP contribution in [-0.4, -0.2) is 0 Å². The Bertz CT molecular complexity index is 1350. The van der Waals surface area contributed by atoms with Crippen molar-refractivity contribution in [2.24, 2.45) is 0 Å². The van der Waals surface area contributed by atoms with Gasteiger partial charge < -0.3 is 5.73 Å². The van der Waals surface area contributed by atoms with Crippen LogP contribution in [0.25, 0.3) is 0 Å². The normalized spacial score (nSPS) is 9.43. The van der Waals surface area contributed by atoms with Gasteiger partial charge in [0.2, 0.25) is 0 Å². The first-order chi connectivity index (χ1) is 22.7. The second-order valence-electron chi connectivity index (χ2n) is 8.94. The molecule has 0 heterocycles. The molecule has 0 radical (unpaired) electrons. The summed E-state index contributed by atoms with van der Waals surface area (Å²) in [6, 6.07) is 64.7. The van der Waals surface area contributed by atoms with Gasteiger partial charge in [-0.15, -0.1) is 0 Å². The topological polar surface area (TPSA) is 19.9 Å². The summed E-state index contributed by atoms with van der Waals surface area (Å²) in [5.74, 6) is 0. The van der Waals surface area contributed by atoms with E-state index in [9.17, 15) is 0 Å². The predicted octanol–water partition coefficient (Wildman–Crippen LogP) is 9.15. The number of hydrogen-bond acceptors (Lipinski definition) is 0. The molecule has 0 N–H and O–H groups in total. The molecule has 0 aliphatic heterocycles. The number of rotatable bonds is 6. The summed E-state index contributed by atoms with van der Waals surface area (Å²) in [6.45, 7) is 12.0. The zero-order chi connectivity index (χ0) is 33.2. The third-order valence-electron chi connectivity index (χ3n) is 6.09. The average molecular weight is 899 g/mol. The largest absolute Gasteiger partial charge is 0.0622 e. The molecule has 0 aliphatic rings. The van der Waals surface area contributed by atoms with Crippen molar-refractivity contribution in [1.82, 2.24) is 0 Å². The van der Waals surface area contributed by atoms with Crippen molar-refractivity contribution in [3.05, 3.63) is 208 Å². The van der Waals surface area contributed by atoms with Gasteiger partial charge in [-0.05, 0) is 47.7 Å². The molecule has 0 unspecified atom stereocenters. The van der Waals surface area contributed by atoms with Gasteiger partial charge in [0, 0.05) is 0 Å². The van der Waals surface area contributed by atoms with Crippen LogP contribution in [0, 0.1) is 13.2 Å². The Morgan fingerprint density at radius 1 is 0.478 bits per heavy atom. The maximum Gasteiger partial charge on any atom is -0.0134 e. The van der Waals surface area contributed by atoms with Gasteiger partial charge in [0.15, 0.2) is 0 Å². The van der Waals surface area contributed by atoms with Gasteiger partial charge in [0.05, 0.1) is 0 Å². The molecule has 0 bridgehead atoms. The van der Waals surface area contributed by atoms with E-state index >= 15 is 0 Å². The molecule has 6 aromatic rings. The molecule has 6 heteroatoms. The second-order valence-corrected chi connectivity index (χ2v) is 19.4. The Balaban J connectivity index is 0.000000262. The standard InChI is InChI=1S/2C18H15P.C3H3.CO.BrH.ClH.Ir/c2*1-4-10-16(11-5-1)19(17-12-6-2-7-13-17)18-14-8-3-9-15-18;1-3-2;1-2;;;/h2*1-15H;1H,2H2;;2*1H;/q;;-1;;;;+3/p-2. The number of hydrogen-bond donors (Lipinski definition) is 0. The Morgan fingerprint density at radius 3 is 0.696 bits per heavy atom. The minimum atomic E-state index is -0.446. The predicted molar refractivity (Wildman–Crippen MR) is 202 cm³/mol. The van der Waals surface area contributed by atoms with E-state index < -0.39 is 15.8 Å². The van der Waals surface area contributed by atoms with E-state index in [-0.39, 0.29) is 14.7 Å². The summed E-state index contributed by atoms with van der Waals surface area (Å²) in [4.78, 5) is 0. The summed E-state index contributed by atoms with van der Waals surface area (Å²) >= 11 is 2.82. The third kappa shape index (κ3) is 13.7. The van der Waals surface area contributed by atoms with Crippen molar-refractivity contribution in [2.45, 2.75) is 0 Å². The molecule has 0 saturated heterocycles. The van der Waals surface area contributed by atoms with Crippen molar-refractivity contribution in [2.75, 3.05) is 0 Å². The fourth-order valence-corrected chi connectivity index (χ4v) is 8.97. The molecule has 0 saturated carbocycles. The zero-order valence-corrected chi connectivity index (χ0v) is 31.5. The van der Waals surface area contributed by atoms with E-state index in [0.29, 0.717) is 0 Å². The fraction of sp³-hybridized carbons (Fsp3) is 0. The van der Waals surface area contributed by atoms with Crippen molar-refractivity contribution < 1.29 is 19.3 Å². The van der Waals surface area contributed by atoms with Crippen LogP contribution in [0.15, 0.2) is 194 Å². The Hall–Kier alpha value is -3.14. The molecule has 0 atom stereocenters. The van der Waals surface area contributed by atoms with Crippen LogP contribution >= 0.6 is 38.9 Å². The van der Waals surface area contributed by atoms with Gasteiger partial charge in [-0.1, -0.05) is 182 Å². The molecular formula is C40H33BrClIrOP2. The minimum Gasteiger partial charge on any atom is -0.0622 e. The van der Waals surface area contributed by atoms with Gasteiger partial charge >= 0.3 is 49.1 Å². The van der Waals surface area contributed by atoms with Crippen molar-refractivity contribution >= 4 is 70.7 Å². The van der Waals surface area contributed by atoms with Crippen molar-refractivity contribution in [3.8, 4) is 0 Å². The molecule has 6 aromatic carbocycles. The van der Waals surface area contributed by atoms with E-state index in [1.807, 2.05) is 5.73 Å². The first-order valence-electron chi connectivity index (χ1n) is 13.9. The van der Waals surface area contributed by atoms with E-state index in [1.165, 1.54) is 31.8 Å². The molecule has 6 rings (SSSR count). The summed E-state index contributed by atoms with van der Waals surface area (Å²) in [5.41, 5.74) is 2.00. The van der Waals surface area contributed by atoms with Crippen LogP contribution < -0.4 is 31.8 Å². The van der Waals surface area contributed by atoms with Crippen LogP contribution in [0.3, 0.4) is 0 Å². The first-order valence-corrected chi connectivity index (χ1v) is 24.8. The van der Waals surface area contributed by atoms with Crippen LogP contribution in [0.2, 0.25) is 0 Å². The monoisotopic (exact) mass is 898 g/mol. The summed E-state index contributed by atoms with van der Waals surface area (Å²) in [6.07, 6.45) is 0. The summed E-state index contributed by atoms with van der Waals surface area (Å²) < 4.78 is 7.50. The van der Waals surface area contributed by atoms with E-state index in [0.717, 1.165) is 0 Å². The van der Waals surface area contributed by atoms with Gasteiger partial charge in [-0.2, -0.15) is 0 Å². The van der Waals surface area contributed by atoms with Crippen LogP contribution in [-0.2, 0) is 19.3 Å². The van der Waals surface area contributed by atoms with Crippen molar-refractivity contribution in [1.29, 1.82) is 0 Å². The smallest absolute Gasteiger partial charge is 0.0134 e. The van der Waals surface area contributed by atoms with Crippen LogP contribution in [0.5, 0.6) is 0 Å². The van der Waals surface area contributed by atoms with Crippen LogP contribution in [0.1, 0.15) is 0 Å². The number of halogens is 2. The molecule has 46 heavy (non-hydrogen) atoms. The van der Waals surface area contributed by atoms with Gasteiger partial charge in [0.25, 0.3) is 0 Å². The van der Waals surface area contributed by atoms with E-state index in [4.69, 9.17) is 14.2 Å². The molecule has 0 fully saturated rings. The molecule has 0 aromatic heterocycles.